The molecule has 0 spiro atoms. The van der Waals surface area contributed by atoms with Crippen LogP contribution in [0.2, 0.25) is 10.0 Å². The molecule has 3 heterocycles. The van der Waals surface area contributed by atoms with E-state index in [0.717, 1.165) is 0 Å². The van der Waals surface area contributed by atoms with Crippen molar-refractivity contribution in [1.29, 1.82) is 0 Å². The Bertz CT molecular complexity index is 1010. The Kier molecular flexibility index (Phi) is 4.47. The topological polar surface area (TPSA) is 72.9 Å². The van der Waals surface area contributed by atoms with Gasteiger partial charge in [0.25, 0.3) is 4.96 Å². The zero-order valence-corrected chi connectivity index (χ0v) is 15.4. The van der Waals surface area contributed by atoms with Crippen LogP contribution in [0, 0.1) is 15.9 Å². The maximum absolute atomic E-state index is 13.8. The van der Waals surface area contributed by atoms with Crippen molar-refractivity contribution < 1.29 is 14.1 Å². The fraction of sp³-hybridized carbons (Fsp3) is 0.267. The molecule has 0 amide bonds. The molecule has 0 N–H and O–H groups in total. The van der Waals surface area contributed by atoms with Gasteiger partial charge in [0, 0.05) is 22.5 Å². The molecule has 1 atom stereocenters. The van der Waals surface area contributed by atoms with Crippen LogP contribution in [0.5, 0.6) is 0 Å². The van der Waals surface area contributed by atoms with E-state index in [2.05, 4.69) is 4.98 Å². The summed E-state index contributed by atoms with van der Waals surface area (Å²) in [6.07, 6.45) is 1.06. The molecule has 1 fully saturated rings. The number of halogens is 3. The number of hydrogen-bond donors (Lipinski definition) is 0. The first-order chi connectivity index (χ1) is 12.5. The fourth-order valence-electron chi connectivity index (χ4n) is 2.96. The van der Waals surface area contributed by atoms with E-state index in [4.69, 9.17) is 27.9 Å². The number of thiazole rings is 1. The molecule has 3 aromatic rings. The summed E-state index contributed by atoms with van der Waals surface area (Å²) in [7, 11) is 0. The second kappa shape index (κ2) is 6.66. The van der Waals surface area contributed by atoms with Gasteiger partial charge in [-0.15, -0.1) is 0 Å². The van der Waals surface area contributed by atoms with Crippen molar-refractivity contribution in [1.82, 2.24) is 9.38 Å². The maximum atomic E-state index is 13.8. The molecular formula is C15H11Cl2FN4O3S. The molecule has 1 aliphatic heterocycles. The Morgan fingerprint density at radius 1 is 1.38 bits per heavy atom. The lowest BCUT2D eigenvalue weighted by atomic mass is 10.1. The summed E-state index contributed by atoms with van der Waals surface area (Å²) < 4.78 is 21.0. The van der Waals surface area contributed by atoms with Gasteiger partial charge in [-0.05, 0) is 17.1 Å². The number of imidazole rings is 1. The zero-order valence-electron chi connectivity index (χ0n) is 13.1. The average Bonchev–Trinajstić information content (AvgIpc) is 3.18. The van der Waals surface area contributed by atoms with Crippen LogP contribution >= 0.6 is 34.5 Å². The van der Waals surface area contributed by atoms with E-state index in [1.165, 1.54) is 27.9 Å². The van der Waals surface area contributed by atoms with Gasteiger partial charge < -0.3 is 19.8 Å². The van der Waals surface area contributed by atoms with Crippen LogP contribution in [0.25, 0.3) is 4.96 Å². The predicted molar refractivity (Wildman–Crippen MR) is 97.0 cm³/mol. The van der Waals surface area contributed by atoms with Crippen LogP contribution in [0.1, 0.15) is 11.7 Å². The first-order valence-electron chi connectivity index (χ1n) is 7.56. The molecule has 136 valence electrons. The fourth-order valence-corrected chi connectivity index (χ4v) is 4.17. The van der Waals surface area contributed by atoms with Crippen molar-refractivity contribution >= 4 is 51.1 Å². The van der Waals surface area contributed by atoms with Gasteiger partial charge in [0.15, 0.2) is 0 Å². The normalized spacial score (nSPS) is 17.8. The highest BCUT2D eigenvalue weighted by Gasteiger charge is 2.32. The standard InChI is InChI=1S/C15H11Cl2FN4O3S/c16-9-6-10(17)11(18)5-8(9)12-7-20(1-3-25-12)13-14(22(23)24)21-2-4-26-15(21)19-13/h2,4-6,12H,1,3,7H2. The van der Waals surface area contributed by atoms with E-state index >= 15 is 0 Å². The van der Waals surface area contributed by atoms with Gasteiger partial charge in [-0.25, -0.2) is 4.39 Å². The monoisotopic (exact) mass is 416 g/mol. The number of morpholine rings is 1. The minimum atomic E-state index is -0.597. The highest BCUT2D eigenvalue weighted by atomic mass is 35.5. The van der Waals surface area contributed by atoms with E-state index in [9.17, 15) is 14.5 Å². The molecule has 26 heavy (non-hydrogen) atoms. The molecule has 2 aromatic heterocycles. The molecule has 1 aromatic carbocycles. The number of ether oxygens (including phenoxy) is 1. The third-order valence-corrected chi connectivity index (χ3v) is 5.52. The third kappa shape index (κ3) is 2.90. The minimum absolute atomic E-state index is 0.0728. The number of hydrogen-bond acceptors (Lipinski definition) is 6. The first-order valence-corrected chi connectivity index (χ1v) is 9.20. The number of rotatable bonds is 3. The summed E-state index contributed by atoms with van der Waals surface area (Å²) in [5, 5.41) is 13.5. The summed E-state index contributed by atoms with van der Waals surface area (Å²) in [5.41, 5.74) is 0.446. The molecule has 0 saturated carbocycles. The number of fused-ring (bicyclic) bond motifs is 1. The molecule has 7 nitrogen and oxygen atoms in total. The SMILES string of the molecule is O=[N+]([O-])c1c(N2CCOC(c3cc(F)c(Cl)cc3Cl)C2)nc2sccn12. The Balaban J connectivity index is 1.70. The van der Waals surface area contributed by atoms with Crippen LogP contribution < -0.4 is 4.90 Å². The number of anilines is 1. The van der Waals surface area contributed by atoms with Crippen LogP contribution in [-0.2, 0) is 4.74 Å². The van der Waals surface area contributed by atoms with Gasteiger partial charge in [0.05, 0.1) is 18.2 Å². The Labute approximate surface area is 160 Å². The van der Waals surface area contributed by atoms with Gasteiger partial charge in [-0.2, -0.15) is 9.38 Å². The molecule has 0 bridgehead atoms. The van der Waals surface area contributed by atoms with Crippen molar-refractivity contribution in [2.24, 2.45) is 0 Å². The van der Waals surface area contributed by atoms with Gasteiger partial charge >= 0.3 is 5.82 Å². The van der Waals surface area contributed by atoms with Gasteiger partial charge in [0.2, 0.25) is 5.82 Å². The summed E-state index contributed by atoms with van der Waals surface area (Å²) in [4.78, 5) is 17.7. The highest BCUT2D eigenvalue weighted by molar-refractivity contribution is 7.15. The van der Waals surface area contributed by atoms with Crippen molar-refractivity contribution in [2.75, 3.05) is 24.6 Å². The van der Waals surface area contributed by atoms with Gasteiger partial charge in [-0.3, -0.25) is 0 Å². The second-order valence-corrected chi connectivity index (χ2v) is 7.35. The lowest BCUT2D eigenvalue weighted by Crippen LogP contribution is -2.39. The van der Waals surface area contributed by atoms with Crippen molar-refractivity contribution in [3.63, 3.8) is 0 Å². The lowest BCUT2D eigenvalue weighted by molar-refractivity contribution is -0.389. The molecule has 0 radical (unpaired) electrons. The maximum Gasteiger partial charge on any atom is 0.373 e. The van der Waals surface area contributed by atoms with Crippen LogP contribution in [0.3, 0.4) is 0 Å². The number of aromatic nitrogens is 2. The first kappa shape index (κ1) is 17.5. The smallest absolute Gasteiger partial charge is 0.370 e. The van der Waals surface area contributed by atoms with Crippen molar-refractivity contribution in [3.8, 4) is 0 Å². The molecule has 11 heteroatoms. The number of nitro groups is 1. The summed E-state index contributed by atoms with van der Waals surface area (Å²) in [6.45, 7) is 0.982. The molecule has 1 aliphatic rings. The average molecular weight is 417 g/mol. The second-order valence-electron chi connectivity index (χ2n) is 5.66. The molecule has 1 saturated heterocycles. The summed E-state index contributed by atoms with van der Waals surface area (Å²) in [5.74, 6) is -0.434. The lowest BCUT2D eigenvalue weighted by Gasteiger charge is -2.33. The van der Waals surface area contributed by atoms with Crippen LogP contribution in [0.4, 0.5) is 16.0 Å². The van der Waals surface area contributed by atoms with Crippen molar-refractivity contribution in [3.05, 3.63) is 55.2 Å². The molecular weight excluding hydrogens is 406 g/mol. The number of benzene rings is 1. The minimum Gasteiger partial charge on any atom is -0.370 e. The van der Waals surface area contributed by atoms with E-state index in [1.807, 2.05) is 0 Å². The van der Waals surface area contributed by atoms with Gasteiger partial charge in [-0.1, -0.05) is 34.5 Å². The Hall–Kier alpha value is -1.94. The largest absolute Gasteiger partial charge is 0.373 e. The summed E-state index contributed by atoms with van der Waals surface area (Å²) in [6, 6.07) is 2.56. The number of nitrogens with zero attached hydrogens (tertiary/aromatic N) is 4. The van der Waals surface area contributed by atoms with Crippen LogP contribution in [-0.4, -0.2) is 34.0 Å². The van der Waals surface area contributed by atoms with Crippen LogP contribution in [0.15, 0.2) is 23.7 Å². The van der Waals surface area contributed by atoms with Crippen molar-refractivity contribution in [2.45, 2.75) is 6.10 Å². The molecule has 4 rings (SSSR count). The van der Waals surface area contributed by atoms with E-state index in [1.54, 1.807) is 16.5 Å². The summed E-state index contributed by atoms with van der Waals surface area (Å²) >= 11 is 13.2. The molecule has 1 unspecified atom stereocenters. The zero-order chi connectivity index (χ0) is 18.4. The van der Waals surface area contributed by atoms with E-state index < -0.39 is 16.8 Å². The third-order valence-electron chi connectivity index (χ3n) is 4.14. The molecule has 0 aliphatic carbocycles. The highest BCUT2D eigenvalue weighted by Crippen LogP contribution is 2.36. The Morgan fingerprint density at radius 2 is 2.19 bits per heavy atom. The quantitative estimate of drug-likeness (QED) is 0.361. The van der Waals surface area contributed by atoms with E-state index in [-0.39, 0.29) is 28.2 Å². The van der Waals surface area contributed by atoms with E-state index in [0.29, 0.717) is 23.7 Å². The van der Waals surface area contributed by atoms with Gasteiger partial charge in [0.1, 0.15) is 18.1 Å². The predicted octanol–water partition coefficient (Wildman–Crippen LogP) is 4.33. The Morgan fingerprint density at radius 3 is 2.96 bits per heavy atom.